The Balaban J connectivity index is 2.18. The number of fused-ring (bicyclic) bond motifs is 1. The SMILES string of the molecule is Cc1c(C)c(C)c2c(c1C)C(=O)N(C1(C)CCC(=O)NC1=O)C2=O. The molecule has 0 saturated carbocycles. The maximum absolute atomic E-state index is 13.0. The lowest BCUT2D eigenvalue weighted by Gasteiger charge is -2.38. The van der Waals surface area contributed by atoms with Crippen molar-refractivity contribution in [2.24, 2.45) is 0 Å². The zero-order valence-corrected chi connectivity index (χ0v) is 14.5. The zero-order valence-electron chi connectivity index (χ0n) is 14.5. The Morgan fingerprint density at radius 2 is 1.29 bits per heavy atom. The summed E-state index contributed by atoms with van der Waals surface area (Å²) in [6.45, 7) is 9.03. The van der Waals surface area contributed by atoms with E-state index in [9.17, 15) is 19.2 Å². The second-order valence-electron chi connectivity index (χ2n) is 6.85. The summed E-state index contributed by atoms with van der Waals surface area (Å²) >= 11 is 0. The summed E-state index contributed by atoms with van der Waals surface area (Å²) in [5.74, 6) is -1.89. The monoisotopic (exact) mass is 328 g/mol. The van der Waals surface area contributed by atoms with Gasteiger partial charge in [0.15, 0.2) is 0 Å². The van der Waals surface area contributed by atoms with Crippen molar-refractivity contribution in [1.82, 2.24) is 10.2 Å². The molecule has 0 aliphatic carbocycles. The van der Waals surface area contributed by atoms with Gasteiger partial charge in [-0.2, -0.15) is 0 Å². The fourth-order valence-corrected chi connectivity index (χ4v) is 3.62. The van der Waals surface area contributed by atoms with Gasteiger partial charge >= 0.3 is 0 Å². The molecule has 1 unspecified atom stereocenters. The highest BCUT2D eigenvalue weighted by atomic mass is 16.2. The molecule has 1 aromatic rings. The lowest BCUT2D eigenvalue weighted by atomic mass is 9.89. The van der Waals surface area contributed by atoms with E-state index in [1.54, 1.807) is 6.92 Å². The fourth-order valence-electron chi connectivity index (χ4n) is 3.62. The smallest absolute Gasteiger partial charge is 0.262 e. The molecule has 2 heterocycles. The van der Waals surface area contributed by atoms with Crippen LogP contribution in [0.3, 0.4) is 0 Å². The van der Waals surface area contributed by atoms with Crippen molar-refractivity contribution < 1.29 is 19.2 Å². The molecule has 1 atom stereocenters. The molecule has 6 nitrogen and oxygen atoms in total. The Morgan fingerprint density at radius 1 is 0.833 bits per heavy atom. The molecule has 1 aromatic carbocycles. The van der Waals surface area contributed by atoms with Gasteiger partial charge in [-0.3, -0.25) is 29.4 Å². The average molecular weight is 328 g/mol. The number of nitrogens with zero attached hydrogens (tertiary/aromatic N) is 1. The number of hydrogen-bond donors (Lipinski definition) is 1. The van der Waals surface area contributed by atoms with Crippen molar-refractivity contribution in [2.75, 3.05) is 0 Å². The minimum atomic E-state index is -1.35. The van der Waals surface area contributed by atoms with E-state index in [2.05, 4.69) is 5.32 Å². The van der Waals surface area contributed by atoms with Crippen LogP contribution < -0.4 is 5.32 Å². The van der Waals surface area contributed by atoms with E-state index in [4.69, 9.17) is 0 Å². The molecule has 0 radical (unpaired) electrons. The van der Waals surface area contributed by atoms with E-state index in [0.29, 0.717) is 11.1 Å². The summed E-state index contributed by atoms with van der Waals surface area (Å²) < 4.78 is 0. The van der Waals surface area contributed by atoms with Gasteiger partial charge in [0.25, 0.3) is 17.7 Å². The highest BCUT2D eigenvalue weighted by Gasteiger charge is 2.53. The molecule has 1 N–H and O–H groups in total. The summed E-state index contributed by atoms with van der Waals surface area (Å²) in [5, 5.41) is 2.24. The van der Waals surface area contributed by atoms with Gasteiger partial charge < -0.3 is 0 Å². The van der Waals surface area contributed by atoms with Crippen molar-refractivity contribution in [3.05, 3.63) is 33.4 Å². The molecule has 24 heavy (non-hydrogen) atoms. The van der Waals surface area contributed by atoms with Crippen molar-refractivity contribution in [1.29, 1.82) is 0 Å². The maximum atomic E-state index is 13.0. The van der Waals surface area contributed by atoms with Crippen LogP contribution in [-0.2, 0) is 9.59 Å². The second-order valence-corrected chi connectivity index (χ2v) is 6.85. The first-order chi connectivity index (χ1) is 11.1. The standard InChI is InChI=1S/C18H20N2O4/c1-8-9(2)11(4)14-13(10(8)3)15(22)20(16(14)23)18(5)7-6-12(21)19-17(18)24/h6-7H2,1-5H3,(H,19,21,24). The summed E-state index contributed by atoms with van der Waals surface area (Å²) in [5.41, 5.74) is 2.90. The van der Waals surface area contributed by atoms with Crippen LogP contribution in [0, 0.1) is 27.7 Å². The molecule has 126 valence electrons. The van der Waals surface area contributed by atoms with E-state index in [-0.39, 0.29) is 18.7 Å². The number of rotatable bonds is 1. The van der Waals surface area contributed by atoms with Crippen LogP contribution in [-0.4, -0.2) is 34.1 Å². The molecule has 6 heteroatoms. The van der Waals surface area contributed by atoms with Crippen LogP contribution in [0.25, 0.3) is 0 Å². The first-order valence-corrected chi connectivity index (χ1v) is 7.94. The number of carbonyl (C=O) groups excluding carboxylic acids is 4. The molecule has 4 amide bonds. The first-order valence-electron chi connectivity index (χ1n) is 7.94. The van der Waals surface area contributed by atoms with Crippen LogP contribution in [0.2, 0.25) is 0 Å². The van der Waals surface area contributed by atoms with Crippen molar-refractivity contribution in [2.45, 2.75) is 53.0 Å². The number of nitrogens with one attached hydrogen (secondary N) is 1. The highest BCUT2D eigenvalue weighted by molar-refractivity contribution is 6.25. The van der Waals surface area contributed by atoms with Gasteiger partial charge in [-0.25, -0.2) is 0 Å². The van der Waals surface area contributed by atoms with E-state index in [0.717, 1.165) is 27.2 Å². The van der Waals surface area contributed by atoms with Crippen LogP contribution in [0.15, 0.2) is 0 Å². The van der Waals surface area contributed by atoms with E-state index in [1.165, 1.54) is 0 Å². The van der Waals surface area contributed by atoms with E-state index >= 15 is 0 Å². The van der Waals surface area contributed by atoms with Gasteiger partial charge in [0.1, 0.15) is 5.54 Å². The third-order valence-corrected chi connectivity index (χ3v) is 5.60. The summed E-state index contributed by atoms with van der Waals surface area (Å²) in [7, 11) is 0. The normalized spacial score (nSPS) is 23.6. The molecule has 3 rings (SSSR count). The minimum Gasteiger partial charge on any atom is -0.294 e. The number of hydrogen-bond acceptors (Lipinski definition) is 4. The van der Waals surface area contributed by atoms with Gasteiger partial charge in [-0.1, -0.05) is 0 Å². The number of benzene rings is 1. The number of imide groups is 2. The molecule has 2 aliphatic rings. The zero-order chi connectivity index (χ0) is 18.0. The average Bonchev–Trinajstić information content (AvgIpc) is 2.79. The van der Waals surface area contributed by atoms with Gasteiger partial charge in [-0.05, 0) is 63.3 Å². The summed E-state index contributed by atoms with van der Waals surface area (Å²) in [4.78, 5) is 50.9. The van der Waals surface area contributed by atoms with Gasteiger partial charge in [0.2, 0.25) is 5.91 Å². The molecular weight excluding hydrogens is 308 g/mol. The van der Waals surface area contributed by atoms with Crippen LogP contribution >= 0.6 is 0 Å². The molecular formula is C18H20N2O4. The predicted octanol–water partition coefficient (Wildman–Crippen LogP) is 1.71. The highest BCUT2D eigenvalue weighted by Crippen LogP contribution is 2.38. The fraction of sp³-hybridized carbons (Fsp3) is 0.444. The Bertz CT molecular complexity index is 793. The Hall–Kier alpha value is -2.50. The van der Waals surface area contributed by atoms with Crippen molar-refractivity contribution >= 4 is 23.6 Å². The molecule has 0 spiro atoms. The lowest BCUT2D eigenvalue weighted by Crippen LogP contribution is -2.62. The first kappa shape index (κ1) is 16.4. The van der Waals surface area contributed by atoms with E-state index in [1.807, 2.05) is 27.7 Å². The topological polar surface area (TPSA) is 83.6 Å². The summed E-state index contributed by atoms with van der Waals surface area (Å²) in [6, 6.07) is 0. The van der Waals surface area contributed by atoms with E-state index < -0.39 is 23.3 Å². The lowest BCUT2D eigenvalue weighted by molar-refractivity contribution is -0.140. The van der Waals surface area contributed by atoms with Crippen molar-refractivity contribution in [3.63, 3.8) is 0 Å². The second kappa shape index (κ2) is 5.00. The molecule has 1 fully saturated rings. The van der Waals surface area contributed by atoms with Gasteiger partial charge in [0.05, 0.1) is 11.1 Å². The number of carbonyl (C=O) groups is 4. The molecule has 1 saturated heterocycles. The largest absolute Gasteiger partial charge is 0.294 e. The third-order valence-electron chi connectivity index (χ3n) is 5.60. The maximum Gasteiger partial charge on any atom is 0.262 e. The third kappa shape index (κ3) is 1.89. The predicted molar refractivity (Wildman–Crippen MR) is 86.7 cm³/mol. The van der Waals surface area contributed by atoms with Crippen molar-refractivity contribution in [3.8, 4) is 0 Å². The van der Waals surface area contributed by atoms with Crippen LogP contribution in [0.4, 0.5) is 0 Å². The number of piperidine rings is 1. The Labute approximate surface area is 140 Å². The molecule has 0 bridgehead atoms. The number of amides is 4. The van der Waals surface area contributed by atoms with Crippen LogP contribution in [0.1, 0.15) is 62.7 Å². The Kier molecular flexibility index (Phi) is 3.41. The quantitative estimate of drug-likeness (QED) is 0.796. The van der Waals surface area contributed by atoms with Gasteiger partial charge in [0, 0.05) is 6.42 Å². The minimum absolute atomic E-state index is 0.103. The molecule has 2 aliphatic heterocycles. The Morgan fingerprint density at radius 3 is 1.71 bits per heavy atom. The molecule has 0 aromatic heterocycles. The summed E-state index contributed by atoms with van der Waals surface area (Å²) in [6.07, 6.45) is 0.241. The van der Waals surface area contributed by atoms with Crippen LogP contribution in [0.5, 0.6) is 0 Å². The van der Waals surface area contributed by atoms with Gasteiger partial charge in [-0.15, -0.1) is 0 Å².